The highest BCUT2D eigenvalue weighted by molar-refractivity contribution is 7.17. The number of nitrogens with zero attached hydrogens (tertiary/aromatic N) is 1. The molecule has 0 spiro atoms. The summed E-state index contributed by atoms with van der Waals surface area (Å²) in [5.41, 5.74) is 6.37. The van der Waals surface area contributed by atoms with Gasteiger partial charge in [-0.05, 0) is 60.6 Å². The van der Waals surface area contributed by atoms with E-state index in [0.717, 1.165) is 40.8 Å². The fraction of sp³-hybridized carbons (Fsp3) is 0.231. The number of carbonyl (C=O) groups is 3. The SMILES string of the molecule is COC(=O)c1c(NC(=O)C(=O)NN=Cc2cccc(OCc3ccccc3C)c2)sc2c1CCC2. The van der Waals surface area contributed by atoms with Crippen molar-refractivity contribution in [2.75, 3.05) is 12.4 Å². The van der Waals surface area contributed by atoms with Gasteiger partial charge in [0, 0.05) is 4.88 Å². The molecule has 0 unspecified atom stereocenters. The van der Waals surface area contributed by atoms with Gasteiger partial charge in [-0.1, -0.05) is 36.4 Å². The van der Waals surface area contributed by atoms with Gasteiger partial charge in [0.1, 0.15) is 17.4 Å². The first kappa shape index (κ1) is 24.2. The van der Waals surface area contributed by atoms with Crippen LogP contribution in [0.3, 0.4) is 0 Å². The maximum absolute atomic E-state index is 12.4. The maximum atomic E-state index is 12.4. The van der Waals surface area contributed by atoms with Crippen molar-refractivity contribution in [1.82, 2.24) is 5.43 Å². The lowest BCUT2D eigenvalue weighted by Crippen LogP contribution is -2.32. The van der Waals surface area contributed by atoms with Crippen LogP contribution in [0.4, 0.5) is 5.00 Å². The molecule has 8 nitrogen and oxygen atoms in total. The van der Waals surface area contributed by atoms with Crippen LogP contribution >= 0.6 is 11.3 Å². The molecule has 9 heteroatoms. The van der Waals surface area contributed by atoms with Crippen LogP contribution in [-0.2, 0) is 33.8 Å². The van der Waals surface area contributed by atoms with Gasteiger partial charge in [-0.25, -0.2) is 10.2 Å². The van der Waals surface area contributed by atoms with Gasteiger partial charge in [0.05, 0.1) is 18.9 Å². The Morgan fingerprint density at radius 2 is 1.91 bits per heavy atom. The summed E-state index contributed by atoms with van der Waals surface area (Å²) in [6, 6.07) is 15.2. The second-order valence-electron chi connectivity index (χ2n) is 7.99. The van der Waals surface area contributed by atoms with E-state index in [9.17, 15) is 14.4 Å². The molecule has 3 aromatic rings. The van der Waals surface area contributed by atoms with Crippen LogP contribution in [0.5, 0.6) is 5.75 Å². The number of benzene rings is 2. The van der Waals surface area contributed by atoms with Crippen LogP contribution in [0.25, 0.3) is 0 Å². The molecule has 0 fully saturated rings. The molecule has 2 amide bonds. The summed E-state index contributed by atoms with van der Waals surface area (Å²) in [6.45, 7) is 2.46. The van der Waals surface area contributed by atoms with Gasteiger partial charge >= 0.3 is 17.8 Å². The Kier molecular flexibility index (Phi) is 7.57. The number of esters is 1. The Labute approximate surface area is 207 Å². The van der Waals surface area contributed by atoms with Gasteiger partial charge < -0.3 is 14.8 Å². The van der Waals surface area contributed by atoms with E-state index < -0.39 is 17.8 Å². The lowest BCUT2D eigenvalue weighted by Gasteiger charge is -2.09. The zero-order valence-corrected chi connectivity index (χ0v) is 20.2. The summed E-state index contributed by atoms with van der Waals surface area (Å²) >= 11 is 1.30. The summed E-state index contributed by atoms with van der Waals surface area (Å²) in [4.78, 5) is 37.9. The third-order valence-electron chi connectivity index (χ3n) is 5.64. The van der Waals surface area contributed by atoms with Crippen LogP contribution in [0.2, 0.25) is 0 Å². The van der Waals surface area contributed by atoms with Gasteiger partial charge in [-0.15, -0.1) is 11.3 Å². The van der Waals surface area contributed by atoms with E-state index in [4.69, 9.17) is 9.47 Å². The van der Waals surface area contributed by atoms with Crippen LogP contribution in [0.15, 0.2) is 53.6 Å². The average molecular weight is 492 g/mol. The first-order valence-electron chi connectivity index (χ1n) is 11.1. The number of rotatable bonds is 7. The molecule has 0 radical (unpaired) electrons. The molecule has 35 heavy (non-hydrogen) atoms. The number of hydrogen-bond acceptors (Lipinski definition) is 7. The molecule has 1 aromatic heterocycles. The molecule has 180 valence electrons. The molecule has 1 aliphatic rings. The van der Waals surface area contributed by atoms with E-state index in [-0.39, 0.29) is 0 Å². The minimum Gasteiger partial charge on any atom is -0.489 e. The highest BCUT2D eigenvalue weighted by Gasteiger charge is 2.29. The number of hydrogen-bond donors (Lipinski definition) is 2. The molecule has 4 rings (SSSR count). The molecule has 1 aliphatic carbocycles. The quantitative estimate of drug-likeness (QED) is 0.225. The zero-order valence-electron chi connectivity index (χ0n) is 19.4. The van der Waals surface area contributed by atoms with E-state index in [1.165, 1.54) is 24.7 Å². The predicted molar refractivity (Wildman–Crippen MR) is 134 cm³/mol. The van der Waals surface area contributed by atoms with Gasteiger partial charge in [0.15, 0.2) is 0 Å². The Bertz CT molecular complexity index is 1300. The lowest BCUT2D eigenvalue weighted by atomic mass is 10.1. The summed E-state index contributed by atoms with van der Waals surface area (Å²) in [6.07, 6.45) is 3.96. The van der Waals surface area contributed by atoms with Crippen LogP contribution in [0, 0.1) is 6.92 Å². The minimum atomic E-state index is -0.947. The summed E-state index contributed by atoms with van der Waals surface area (Å²) < 4.78 is 10.7. The van der Waals surface area contributed by atoms with Gasteiger partial charge in [-0.3, -0.25) is 9.59 Å². The van der Waals surface area contributed by atoms with Gasteiger partial charge in [0.2, 0.25) is 0 Å². The molecule has 1 heterocycles. The lowest BCUT2D eigenvalue weighted by molar-refractivity contribution is -0.136. The van der Waals surface area contributed by atoms with E-state index in [1.807, 2.05) is 43.3 Å². The summed E-state index contributed by atoms with van der Waals surface area (Å²) in [7, 11) is 1.29. The number of amides is 2. The second kappa shape index (κ2) is 11.0. The molecule has 0 aliphatic heterocycles. The number of anilines is 1. The molecule has 0 saturated heterocycles. The molecule has 0 atom stereocenters. The number of fused-ring (bicyclic) bond motifs is 1. The number of ether oxygens (including phenoxy) is 2. The van der Waals surface area contributed by atoms with Crippen LogP contribution < -0.4 is 15.5 Å². The number of aryl methyl sites for hydroxylation is 2. The Balaban J connectivity index is 1.34. The topological polar surface area (TPSA) is 106 Å². The number of carbonyl (C=O) groups excluding carboxylic acids is 3. The largest absolute Gasteiger partial charge is 0.489 e. The first-order chi connectivity index (χ1) is 17.0. The number of nitrogens with one attached hydrogen (secondary N) is 2. The van der Waals surface area contributed by atoms with Crippen LogP contribution in [0.1, 0.15) is 43.9 Å². The third kappa shape index (κ3) is 5.75. The van der Waals surface area contributed by atoms with Crippen LogP contribution in [-0.4, -0.2) is 31.1 Å². The van der Waals surface area contributed by atoms with Crippen molar-refractivity contribution in [2.45, 2.75) is 32.8 Å². The highest BCUT2D eigenvalue weighted by atomic mass is 32.1. The van der Waals surface area contributed by atoms with Crippen molar-refractivity contribution in [2.24, 2.45) is 5.10 Å². The van der Waals surface area contributed by atoms with E-state index in [0.29, 0.717) is 28.5 Å². The standard InChI is InChI=1S/C26H25N3O5S/c1-16-7-3-4-9-18(16)15-34-19-10-5-8-17(13-19)14-27-29-24(31)23(30)28-25-22(26(32)33-2)20-11-6-12-21(20)35-25/h3-5,7-10,13-14H,6,11-12,15H2,1-2H3,(H,28,30)(H,29,31). The molecule has 0 bridgehead atoms. The van der Waals surface area contributed by atoms with Gasteiger partial charge in [-0.2, -0.15) is 5.10 Å². The molecular weight excluding hydrogens is 466 g/mol. The predicted octanol–water partition coefficient (Wildman–Crippen LogP) is 4.00. The first-order valence-corrected chi connectivity index (χ1v) is 11.9. The van der Waals surface area contributed by atoms with Crippen molar-refractivity contribution >= 4 is 40.3 Å². The van der Waals surface area contributed by atoms with Crippen molar-refractivity contribution in [3.63, 3.8) is 0 Å². The van der Waals surface area contributed by atoms with Gasteiger partial charge in [0.25, 0.3) is 0 Å². The summed E-state index contributed by atoms with van der Waals surface area (Å²) in [5.74, 6) is -1.73. The Morgan fingerprint density at radius 3 is 2.71 bits per heavy atom. The average Bonchev–Trinajstić information content (AvgIpc) is 3.44. The molecule has 2 N–H and O–H groups in total. The highest BCUT2D eigenvalue weighted by Crippen LogP contribution is 2.39. The molecule has 0 saturated carbocycles. The van der Waals surface area contributed by atoms with Crippen molar-refractivity contribution in [3.05, 3.63) is 81.2 Å². The Hall–Kier alpha value is -3.98. The third-order valence-corrected chi connectivity index (χ3v) is 6.84. The summed E-state index contributed by atoms with van der Waals surface area (Å²) in [5, 5.41) is 6.72. The molecular formula is C26H25N3O5S. The normalized spacial score (nSPS) is 12.3. The second-order valence-corrected chi connectivity index (χ2v) is 9.10. The number of thiophene rings is 1. The Morgan fingerprint density at radius 1 is 1.09 bits per heavy atom. The monoisotopic (exact) mass is 491 g/mol. The fourth-order valence-corrected chi connectivity index (χ4v) is 5.08. The van der Waals surface area contributed by atoms with Crippen molar-refractivity contribution in [1.29, 1.82) is 0 Å². The van der Waals surface area contributed by atoms with E-state index in [1.54, 1.807) is 12.1 Å². The zero-order chi connectivity index (χ0) is 24.8. The van der Waals surface area contributed by atoms with Crippen molar-refractivity contribution in [3.8, 4) is 5.75 Å². The minimum absolute atomic E-state index is 0.323. The maximum Gasteiger partial charge on any atom is 0.341 e. The number of hydrazone groups is 1. The van der Waals surface area contributed by atoms with E-state index >= 15 is 0 Å². The fourth-order valence-electron chi connectivity index (χ4n) is 3.80. The van der Waals surface area contributed by atoms with Crippen molar-refractivity contribution < 1.29 is 23.9 Å². The smallest absolute Gasteiger partial charge is 0.341 e. The number of methoxy groups -OCH3 is 1. The molecule has 2 aromatic carbocycles. The van der Waals surface area contributed by atoms with E-state index in [2.05, 4.69) is 15.8 Å².